The highest BCUT2D eigenvalue weighted by Crippen LogP contribution is 2.18. The minimum Gasteiger partial charge on any atom is -0.382 e. The number of hydrogen-bond acceptors (Lipinski definition) is 3. The van der Waals surface area contributed by atoms with Crippen LogP contribution in [0.25, 0.3) is 0 Å². The van der Waals surface area contributed by atoms with Gasteiger partial charge < -0.3 is 15.5 Å². The third-order valence-corrected chi connectivity index (χ3v) is 3.96. The van der Waals surface area contributed by atoms with E-state index in [1.54, 1.807) is 7.05 Å². The zero-order valence-corrected chi connectivity index (χ0v) is 13.4. The molecule has 4 nitrogen and oxygen atoms in total. The zero-order chi connectivity index (χ0) is 15.2. The summed E-state index contributed by atoms with van der Waals surface area (Å²) in [6.45, 7) is 8.10. The van der Waals surface area contributed by atoms with Gasteiger partial charge in [-0.05, 0) is 43.0 Å². The van der Waals surface area contributed by atoms with Crippen LogP contribution in [0.1, 0.15) is 37.0 Å². The van der Waals surface area contributed by atoms with Gasteiger partial charge in [0.2, 0.25) is 0 Å². The molecule has 0 bridgehead atoms. The van der Waals surface area contributed by atoms with Crippen molar-refractivity contribution in [2.24, 2.45) is 5.92 Å². The van der Waals surface area contributed by atoms with Crippen LogP contribution in [0.2, 0.25) is 0 Å². The Labute approximate surface area is 127 Å². The number of nitrogens with zero attached hydrogens (tertiary/aromatic N) is 1. The van der Waals surface area contributed by atoms with Crippen molar-refractivity contribution in [3.05, 3.63) is 29.8 Å². The van der Waals surface area contributed by atoms with Crippen LogP contribution in [-0.2, 0) is 0 Å². The molecule has 1 aromatic carbocycles. The van der Waals surface area contributed by atoms with Gasteiger partial charge in [-0.2, -0.15) is 0 Å². The number of piperidine rings is 1. The fourth-order valence-electron chi connectivity index (χ4n) is 2.87. The van der Waals surface area contributed by atoms with Gasteiger partial charge in [-0.15, -0.1) is 0 Å². The van der Waals surface area contributed by atoms with Crippen molar-refractivity contribution in [2.45, 2.75) is 32.7 Å². The van der Waals surface area contributed by atoms with Crippen LogP contribution in [-0.4, -0.2) is 43.5 Å². The number of benzene rings is 1. The van der Waals surface area contributed by atoms with E-state index in [1.165, 1.54) is 32.5 Å². The van der Waals surface area contributed by atoms with Crippen molar-refractivity contribution < 1.29 is 4.79 Å². The molecule has 21 heavy (non-hydrogen) atoms. The van der Waals surface area contributed by atoms with Gasteiger partial charge in [-0.3, -0.25) is 4.79 Å². The van der Waals surface area contributed by atoms with Crippen molar-refractivity contribution in [2.75, 3.05) is 32.0 Å². The summed E-state index contributed by atoms with van der Waals surface area (Å²) in [6, 6.07) is 8.26. The third-order valence-electron chi connectivity index (χ3n) is 3.96. The Morgan fingerprint density at radius 3 is 2.38 bits per heavy atom. The Morgan fingerprint density at radius 2 is 1.86 bits per heavy atom. The molecular weight excluding hydrogens is 262 g/mol. The molecule has 0 unspecified atom stereocenters. The van der Waals surface area contributed by atoms with E-state index in [-0.39, 0.29) is 5.91 Å². The summed E-state index contributed by atoms with van der Waals surface area (Å²) in [5.74, 6) is 0.704. The van der Waals surface area contributed by atoms with E-state index in [0.717, 1.165) is 11.6 Å². The molecule has 0 aliphatic carbocycles. The molecule has 2 N–H and O–H groups in total. The zero-order valence-electron chi connectivity index (χ0n) is 13.4. The molecule has 0 radical (unpaired) electrons. The van der Waals surface area contributed by atoms with Gasteiger partial charge in [0.05, 0.1) is 0 Å². The van der Waals surface area contributed by atoms with Crippen LogP contribution < -0.4 is 10.6 Å². The molecule has 1 aliphatic rings. The van der Waals surface area contributed by atoms with E-state index in [0.29, 0.717) is 11.6 Å². The number of likely N-dealkylation sites (tertiary alicyclic amines) is 1. The third kappa shape index (κ3) is 4.74. The maximum Gasteiger partial charge on any atom is 0.251 e. The smallest absolute Gasteiger partial charge is 0.251 e. The molecule has 0 spiro atoms. The highest BCUT2D eigenvalue weighted by molar-refractivity contribution is 5.94. The van der Waals surface area contributed by atoms with Crippen molar-refractivity contribution in [1.82, 2.24) is 10.2 Å². The number of amides is 1. The highest BCUT2D eigenvalue weighted by atomic mass is 16.1. The molecule has 1 saturated heterocycles. The summed E-state index contributed by atoms with van der Waals surface area (Å²) in [5, 5.41) is 6.22. The lowest BCUT2D eigenvalue weighted by atomic mass is 10.0. The summed E-state index contributed by atoms with van der Waals surface area (Å²) in [5.41, 5.74) is 1.81. The van der Waals surface area contributed by atoms with Crippen LogP contribution >= 0.6 is 0 Å². The largest absolute Gasteiger partial charge is 0.382 e. The number of rotatable bonds is 5. The number of carbonyl (C=O) groups is 1. The summed E-state index contributed by atoms with van der Waals surface area (Å²) in [4.78, 5) is 14.1. The normalized spacial score (nSPS) is 17.0. The average molecular weight is 289 g/mol. The molecule has 1 heterocycles. The number of hydrogen-bond donors (Lipinski definition) is 2. The monoisotopic (exact) mass is 289 g/mol. The quantitative estimate of drug-likeness (QED) is 0.875. The lowest BCUT2D eigenvalue weighted by Crippen LogP contribution is -2.40. The second-order valence-corrected chi connectivity index (χ2v) is 6.27. The number of nitrogens with one attached hydrogen (secondary N) is 2. The summed E-state index contributed by atoms with van der Waals surface area (Å²) in [6.07, 6.45) is 2.37. The van der Waals surface area contributed by atoms with E-state index in [2.05, 4.69) is 29.4 Å². The molecule has 1 aromatic rings. The fourth-order valence-corrected chi connectivity index (χ4v) is 2.87. The Bertz CT molecular complexity index is 448. The molecule has 1 fully saturated rings. The predicted octanol–water partition coefficient (Wildman–Crippen LogP) is 2.58. The van der Waals surface area contributed by atoms with Gasteiger partial charge in [0, 0.05) is 44.0 Å². The maximum atomic E-state index is 11.5. The summed E-state index contributed by atoms with van der Waals surface area (Å²) < 4.78 is 0. The van der Waals surface area contributed by atoms with Gasteiger partial charge >= 0.3 is 0 Å². The lowest BCUT2D eigenvalue weighted by Gasteiger charge is -2.33. The standard InChI is InChI=1S/C17H27N3O/c1-13(2)12-20-10-8-16(9-11-20)19-15-6-4-14(5-7-15)17(21)18-3/h4-7,13,16,19H,8-12H2,1-3H3,(H,18,21). The molecule has 0 atom stereocenters. The molecule has 116 valence electrons. The van der Waals surface area contributed by atoms with E-state index >= 15 is 0 Å². The second kappa shape index (κ2) is 7.46. The Morgan fingerprint density at radius 1 is 1.24 bits per heavy atom. The first-order valence-corrected chi connectivity index (χ1v) is 7.89. The molecule has 2 rings (SSSR count). The Kier molecular flexibility index (Phi) is 5.62. The lowest BCUT2D eigenvalue weighted by molar-refractivity contribution is 0.0963. The first-order chi connectivity index (χ1) is 10.1. The van der Waals surface area contributed by atoms with Gasteiger partial charge in [0.15, 0.2) is 0 Å². The van der Waals surface area contributed by atoms with Crippen LogP contribution in [0, 0.1) is 5.92 Å². The topological polar surface area (TPSA) is 44.4 Å². The first kappa shape index (κ1) is 15.8. The van der Waals surface area contributed by atoms with Crippen LogP contribution in [0.5, 0.6) is 0 Å². The van der Waals surface area contributed by atoms with Crippen molar-refractivity contribution >= 4 is 11.6 Å². The van der Waals surface area contributed by atoms with Gasteiger partial charge in [-0.1, -0.05) is 13.8 Å². The Hall–Kier alpha value is -1.55. The molecule has 1 aliphatic heterocycles. The predicted molar refractivity (Wildman–Crippen MR) is 87.8 cm³/mol. The molecule has 0 aromatic heterocycles. The van der Waals surface area contributed by atoms with E-state index in [4.69, 9.17) is 0 Å². The van der Waals surface area contributed by atoms with E-state index < -0.39 is 0 Å². The second-order valence-electron chi connectivity index (χ2n) is 6.27. The minimum atomic E-state index is -0.0384. The number of carbonyl (C=O) groups excluding carboxylic acids is 1. The average Bonchev–Trinajstić information content (AvgIpc) is 2.49. The summed E-state index contributed by atoms with van der Waals surface area (Å²) >= 11 is 0. The van der Waals surface area contributed by atoms with Crippen LogP contribution in [0.15, 0.2) is 24.3 Å². The number of anilines is 1. The maximum absolute atomic E-state index is 11.5. The summed E-state index contributed by atoms with van der Waals surface area (Å²) in [7, 11) is 1.65. The van der Waals surface area contributed by atoms with Crippen LogP contribution in [0.3, 0.4) is 0 Å². The van der Waals surface area contributed by atoms with Gasteiger partial charge in [-0.25, -0.2) is 0 Å². The minimum absolute atomic E-state index is 0.0384. The van der Waals surface area contributed by atoms with Crippen molar-refractivity contribution in [3.63, 3.8) is 0 Å². The van der Waals surface area contributed by atoms with Crippen LogP contribution in [0.4, 0.5) is 5.69 Å². The van der Waals surface area contributed by atoms with Gasteiger partial charge in [0.25, 0.3) is 5.91 Å². The molecule has 1 amide bonds. The fraction of sp³-hybridized carbons (Fsp3) is 0.588. The van der Waals surface area contributed by atoms with E-state index in [1.807, 2.05) is 24.3 Å². The first-order valence-electron chi connectivity index (χ1n) is 7.89. The molecule has 4 heteroatoms. The Balaban J connectivity index is 1.82. The SMILES string of the molecule is CNC(=O)c1ccc(NC2CCN(CC(C)C)CC2)cc1. The highest BCUT2D eigenvalue weighted by Gasteiger charge is 2.19. The van der Waals surface area contributed by atoms with Gasteiger partial charge in [0.1, 0.15) is 0 Å². The van der Waals surface area contributed by atoms with Crippen molar-refractivity contribution in [3.8, 4) is 0 Å². The molecular formula is C17H27N3O. The van der Waals surface area contributed by atoms with Crippen molar-refractivity contribution in [1.29, 1.82) is 0 Å². The van der Waals surface area contributed by atoms with E-state index in [9.17, 15) is 4.79 Å². The molecule has 0 saturated carbocycles.